The SMILES string of the molecule is C#CC1(NS(=O)(=O)c2ccc3c(c2)c(=O)n([C@@H]2CCN(C(=O)C=C)C2)c(=O)n3CC2CC2)CC1. The highest BCUT2D eigenvalue weighted by atomic mass is 32.2. The highest BCUT2D eigenvalue weighted by Gasteiger charge is 2.44. The maximum atomic E-state index is 13.5. The summed E-state index contributed by atoms with van der Waals surface area (Å²) in [6, 6.07) is 3.77. The minimum atomic E-state index is -3.96. The zero-order valence-corrected chi connectivity index (χ0v) is 19.5. The van der Waals surface area contributed by atoms with Crippen molar-refractivity contribution in [2.45, 2.75) is 55.1 Å². The van der Waals surface area contributed by atoms with Gasteiger partial charge < -0.3 is 4.90 Å². The maximum absolute atomic E-state index is 13.5. The Morgan fingerprint density at radius 3 is 2.62 bits per heavy atom. The molecule has 0 bridgehead atoms. The van der Waals surface area contributed by atoms with Crippen LogP contribution in [0.2, 0.25) is 0 Å². The summed E-state index contributed by atoms with van der Waals surface area (Å²) in [5.74, 6) is 2.59. The fraction of sp³-hybridized carbons (Fsp3) is 0.458. The molecule has 0 unspecified atom stereocenters. The van der Waals surface area contributed by atoms with Gasteiger partial charge in [-0.2, -0.15) is 4.72 Å². The zero-order valence-electron chi connectivity index (χ0n) is 18.7. The number of amides is 1. The minimum Gasteiger partial charge on any atom is -0.337 e. The summed E-state index contributed by atoms with van der Waals surface area (Å²) in [6.45, 7) is 4.59. The number of fused-ring (bicyclic) bond motifs is 1. The summed E-state index contributed by atoms with van der Waals surface area (Å²) < 4.78 is 31.3. The summed E-state index contributed by atoms with van der Waals surface area (Å²) in [7, 11) is -3.96. The zero-order chi connectivity index (χ0) is 24.3. The highest BCUT2D eigenvalue weighted by molar-refractivity contribution is 7.89. The van der Waals surface area contributed by atoms with Gasteiger partial charge in [-0.25, -0.2) is 13.2 Å². The van der Waals surface area contributed by atoms with E-state index in [1.807, 2.05) is 0 Å². The van der Waals surface area contributed by atoms with Crippen LogP contribution in [0.25, 0.3) is 10.9 Å². The van der Waals surface area contributed by atoms with Crippen molar-refractivity contribution >= 4 is 26.8 Å². The number of hydrogen-bond donors (Lipinski definition) is 1. The molecular formula is C24H26N4O5S. The van der Waals surface area contributed by atoms with Gasteiger partial charge in [0.25, 0.3) is 5.56 Å². The van der Waals surface area contributed by atoms with E-state index in [4.69, 9.17) is 6.42 Å². The van der Waals surface area contributed by atoms with Crippen LogP contribution in [0, 0.1) is 18.3 Å². The molecule has 9 nitrogen and oxygen atoms in total. The molecule has 1 aromatic carbocycles. The topological polar surface area (TPSA) is 110 Å². The van der Waals surface area contributed by atoms with E-state index >= 15 is 0 Å². The van der Waals surface area contributed by atoms with Gasteiger partial charge in [0, 0.05) is 19.6 Å². The molecule has 3 fully saturated rings. The Labute approximate surface area is 197 Å². The summed E-state index contributed by atoms with van der Waals surface area (Å²) in [4.78, 5) is 40.5. The van der Waals surface area contributed by atoms with Crippen molar-refractivity contribution in [3.8, 4) is 12.3 Å². The number of sulfonamides is 1. The van der Waals surface area contributed by atoms with Crippen LogP contribution in [0.15, 0.2) is 45.3 Å². The van der Waals surface area contributed by atoms with Crippen molar-refractivity contribution in [1.82, 2.24) is 18.8 Å². The second kappa shape index (κ2) is 7.96. The van der Waals surface area contributed by atoms with Crippen LogP contribution >= 0.6 is 0 Å². The fourth-order valence-electron chi connectivity index (χ4n) is 4.59. The molecule has 34 heavy (non-hydrogen) atoms. The minimum absolute atomic E-state index is 0.0725. The van der Waals surface area contributed by atoms with Gasteiger partial charge in [0.05, 0.1) is 27.4 Å². The van der Waals surface area contributed by atoms with Crippen molar-refractivity contribution in [3.05, 3.63) is 51.7 Å². The van der Waals surface area contributed by atoms with Crippen LogP contribution in [0.4, 0.5) is 0 Å². The first-order valence-electron chi connectivity index (χ1n) is 11.4. The van der Waals surface area contributed by atoms with Gasteiger partial charge in [0.2, 0.25) is 15.9 Å². The number of nitrogens with zero attached hydrogens (tertiary/aromatic N) is 3. The summed E-state index contributed by atoms with van der Waals surface area (Å²) >= 11 is 0. The molecule has 1 aliphatic heterocycles. The van der Waals surface area contributed by atoms with E-state index < -0.39 is 32.9 Å². The van der Waals surface area contributed by atoms with E-state index in [-0.39, 0.29) is 22.7 Å². The molecule has 1 amide bonds. The molecular weight excluding hydrogens is 456 g/mol. The average Bonchev–Trinajstić information content (AvgIpc) is 3.74. The molecule has 2 heterocycles. The Morgan fingerprint density at radius 1 is 1.26 bits per heavy atom. The van der Waals surface area contributed by atoms with Crippen LogP contribution in [0.1, 0.15) is 38.1 Å². The number of rotatable bonds is 7. The molecule has 178 valence electrons. The summed E-state index contributed by atoms with van der Waals surface area (Å²) in [5, 5.41) is 0.155. The van der Waals surface area contributed by atoms with Gasteiger partial charge >= 0.3 is 5.69 Å². The van der Waals surface area contributed by atoms with Crippen LogP contribution in [-0.2, 0) is 21.4 Å². The lowest BCUT2D eigenvalue weighted by molar-refractivity contribution is -0.125. The molecule has 2 saturated carbocycles. The molecule has 2 aliphatic carbocycles. The summed E-state index contributed by atoms with van der Waals surface area (Å²) in [6.07, 6.45) is 10.3. The van der Waals surface area contributed by atoms with Crippen LogP contribution in [0.3, 0.4) is 0 Å². The number of nitrogens with one attached hydrogen (secondary N) is 1. The van der Waals surface area contributed by atoms with Crippen LogP contribution in [-0.4, -0.2) is 47.0 Å². The van der Waals surface area contributed by atoms with Crippen molar-refractivity contribution in [1.29, 1.82) is 0 Å². The number of aromatic nitrogens is 2. The third-order valence-electron chi connectivity index (χ3n) is 6.96. The van der Waals surface area contributed by atoms with Crippen molar-refractivity contribution < 1.29 is 13.2 Å². The molecule has 1 saturated heterocycles. The Bertz CT molecular complexity index is 1470. The maximum Gasteiger partial charge on any atom is 0.331 e. The van der Waals surface area contributed by atoms with E-state index in [1.165, 1.54) is 28.8 Å². The van der Waals surface area contributed by atoms with Gasteiger partial charge in [0.15, 0.2) is 0 Å². The first kappa shape index (κ1) is 22.6. The van der Waals surface area contributed by atoms with Crippen molar-refractivity contribution in [3.63, 3.8) is 0 Å². The molecule has 5 rings (SSSR count). The molecule has 1 atom stereocenters. The quantitative estimate of drug-likeness (QED) is 0.467. The Morgan fingerprint density at radius 2 is 2.00 bits per heavy atom. The second-order valence-electron chi connectivity index (χ2n) is 9.45. The third-order valence-corrected chi connectivity index (χ3v) is 8.50. The predicted molar refractivity (Wildman–Crippen MR) is 127 cm³/mol. The Kier molecular flexibility index (Phi) is 5.30. The van der Waals surface area contributed by atoms with E-state index in [0.29, 0.717) is 43.8 Å². The normalized spacial score (nSPS) is 21.4. The molecule has 0 radical (unpaired) electrons. The van der Waals surface area contributed by atoms with Gasteiger partial charge in [-0.15, -0.1) is 6.42 Å². The molecule has 3 aliphatic rings. The van der Waals surface area contributed by atoms with E-state index in [0.717, 1.165) is 12.8 Å². The van der Waals surface area contributed by atoms with Crippen LogP contribution < -0.4 is 16.0 Å². The Balaban J connectivity index is 1.63. The van der Waals surface area contributed by atoms with Gasteiger partial charge in [-0.3, -0.25) is 18.7 Å². The van der Waals surface area contributed by atoms with E-state index in [9.17, 15) is 22.8 Å². The number of terminal acetylenes is 1. The number of carbonyl (C=O) groups excluding carboxylic acids is 1. The van der Waals surface area contributed by atoms with Crippen molar-refractivity contribution in [2.24, 2.45) is 5.92 Å². The highest BCUT2D eigenvalue weighted by Crippen LogP contribution is 2.36. The Hall–Kier alpha value is -3.16. The number of likely N-dealkylation sites (tertiary alicyclic amines) is 1. The number of carbonyl (C=O) groups is 1. The molecule has 1 N–H and O–H groups in total. The lowest BCUT2D eigenvalue weighted by Crippen LogP contribution is -2.43. The second-order valence-corrected chi connectivity index (χ2v) is 11.1. The number of benzene rings is 1. The van der Waals surface area contributed by atoms with Gasteiger partial charge in [0.1, 0.15) is 0 Å². The number of hydrogen-bond acceptors (Lipinski definition) is 5. The van der Waals surface area contributed by atoms with Gasteiger partial charge in [-0.1, -0.05) is 12.5 Å². The average molecular weight is 483 g/mol. The lowest BCUT2D eigenvalue weighted by Gasteiger charge is -2.19. The first-order valence-corrected chi connectivity index (χ1v) is 12.9. The molecule has 0 spiro atoms. The monoisotopic (exact) mass is 482 g/mol. The first-order chi connectivity index (χ1) is 16.2. The van der Waals surface area contributed by atoms with Crippen LogP contribution in [0.5, 0.6) is 0 Å². The van der Waals surface area contributed by atoms with E-state index in [2.05, 4.69) is 17.2 Å². The molecule has 2 aromatic rings. The summed E-state index contributed by atoms with van der Waals surface area (Å²) in [5.41, 5.74) is -1.45. The largest absolute Gasteiger partial charge is 0.337 e. The molecule has 10 heteroatoms. The smallest absolute Gasteiger partial charge is 0.331 e. The fourth-order valence-corrected chi connectivity index (χ4v) is 6.01. The predicted octanol–water partition coefficient (Wildman–Crippen LogP) is 0.977. The lowest BCUT2D eigenvalue weighted by atomic mass is 10.2. The van der Waals surface area contributed by atoms with Crippen molar-refractivity contribution in [2.75, 3.05) is 13.1 Å². The van der Waals surface area contributed by atoms with E-state index in [1.54, 1.807) is 9.47 Å². The van der Waals surface area contributed by atoms with Gasteiger partial charge in [-0.05, 0) is 62.3 Å². The third kappa shape index (κ3) is 3.89. The standard InChI is InChI=1S/C24H26N4O5S/c1-3-21(29)26-12-9-17(15-26)28-22(30)19-13-18(34(32,33)25-24(4-2)10-11-24)7-8-20(19)27(23(28)31)14-16-5-6-16/h2-3,7-8,13,16-17,25H,1,5-6,9-12,14-15H2/t17-/m1/s1. The molecule has 1 aromatic heterocycles.